The fraction of sp³-hybridized carbons (Fsp3) is 0.500. The highest BCUT2D eigenvalue weighted by Gasteiger charge is 2.23. The number of hydrogen-bond donors (Lipinski definition) is 0. The van der Waals surface area contributed by atoms with Gasteiger partial charge in [-0.2, -0.15) is 8.78 Å². The number of nitrogens with zero attached hydrogens (tertiary/aromatic N) is 2. The molecule has 20 heavy (non-hydrogen) atoms. The lowest BCUT2D eigenvalue weighted by molar-refractivity contribution is -0.128. The van der Waals surface area contributed by atoms with Crippen molar-refractivity contribution in [1.82, 2.24) is 0 Å². The van der Waals surface area contributed by atoms with Gasteiger partial charge in [0.05, 0.1) is 13.2 Å². The summed E-state index contributed by atoms with van der Waals surface area (Å²) in [5.41, 5.74) is 1.51. The predicted molar refractivity (Wildman–Crippen MR) is 73.5 cm³/mol. The van der Waals surface area contributed by atoms with Crippen molar-refractivity contribution < 1.29 is 18.3 Å². The SMILES string of the molecule is CCN(C(=O)C(F)F)c1ccc(N2CCOCC2)cc1. The highest BCUT2D eigenvalue weighted by molar-refractivity contribution is 5.95. The summed E-state index contributed by atoms with van der Waals surface area (Å²) in [6, 6.07) is 7.10. The number of hydrogen-bond acceptors (Lipinski definition) is 3. The molecule has 0 spiro atoms. The number of carbonyl (C=O) groups is 1. The van der Waals surface area contributed by atoms with E-state index in [1.807, 2.05) is 12.1 Å². The first-order chi connectivity index (χ1) is 9.63. The van der Waals surface area contributed by atoms with E-state index in [0.29, 0.717) is 18.9 Å². The second-order valence-corrected chi connectivity index (χ2v) is 4.50. The van der Waals surface area contributed by atoms with Crippen molar-refractivity contribution in [2.24, 2.45) is 0 Å². The molecule has 1 heterocycles. The molecular weight excluding hydrogens is 266 g/mol. The third-order valence-electron chi connectivity index (χ3n) is 3.31. The lowest BCUT2D eigenvalue weighted by Crippen LogP contribution is -2.37. The third kappa shape index (κ3) is 3.25. The van der Waals surface area contributed by atoms with E-state index in [2.05, 4.69) is 4.90 Å². The van der Waals surface area contributed by atoms with E-state index in [-0.39, 0.29) is 6.54 Å². The number of rotatable bonds is 4. The summed E-state index contributed by atoms with van der Waals surface area (Å²) in [5, 5.41) is 0. The number of ether oxygens (including phenoxy) is 1. The minimum atomic E-state index is -2.98. The molecular formula is C14H18F2N2O2. The van der Waals surface area contributed by atoms with Crippen LogP contribution in [0.4, 0.5) is 20.2 Å². The molecule has 0 unspecified atom stereocenters. The maximum absolute atomic E-state index is 12.5. The van der Waals surface area contributed by atoms with Crippen LogP contribution in [0.15, 0.2) is 24.3 Å². The number of halogens is 2. The molecule has 1 saturated heterocycles. The zero-order valence-corrected chi connectivity index (χ0v) is 11.4. The van der Waals surface area contributed by atoms with Crippen LogP contribution < -0.4 is 9.80 Å². The molecule has 110 valence electrons. The van der Waals surface area contributed by atoms with Crippen LogP contribution in [-0.4, -0.2) is 45.2 Å². The molecule has 1 aliphatic heterocycles. The van der Waals surface area contributed by atoms with Crippen LogP contribution in [0.1, 0.15) is 6.92 Å². The molecule has 2 rings (SSSR count). The van der Waals surface area contributed by atoms with Gasteiger partial charge in [-0.25, -0.2) is 0 Å². The van der Waals surface area contributed by atoms with Gasteiger partial charge in [0.1, 0.15) is 0 Å². The van der Waals surface area contributed by atoms with E-state index in [0.717, 1.165) is 23.7 Å². The normalized spacial score (nSPS) is 15.5. The first-order valence-electron chi connectivity index (χ1n) is 6.65. The minimum absolute atomic E-state index is 0.222. The first kappa shape index (κ1) is 14.7. The Labute approximate surface area is 116 Å². The van der Waals surface area contributed by atoms with Crippen molar-refractivity contribution in [3.63, 3.8) is 0 Å². The van der Waals surface area contributed by atoms with Crippen LogP contribution in [0.25, 0.3) is 0 Å². The van der Waals surface area contributed by atoms with Crippen molar-refractivity contribution in [3.05, 3.63) is 24.3 Å². The Hall–Kier alpha value is -1.69. The van der Waals surface area contributed by atoms with E-state index in [1.54, 1.807) is 19.1 Å². The highest BCUT2D eigenvalue weighted by atomic mass is 19.3. The largest absolute Gasteiger partial charge is 0.378 e. The Morgan fingerprint density at radius 3 is 2.40 bits per heavy atom. The summed E-state index contributed by atoms with van der Waals surface area (Å²) in [6.45, 7) is 4.90. The van der Waals surface area contributed by atoms with E-state index >= 15 is 0 Å². The standard InChI is InChI=1S/C14H18F2N2O2/c1-2-18(14(19)13(15)16)12-5-3-11(4-6-12)17-7-9-20-10-8-17/h3-6,13H,2,7-10H2,1H3. The van der Waals surface area contributed by atoms with Gasteiger partial charge in [-0.3, -0.25) is 4.79 Å². The van der Waals surface area contributed by atoms with Crippen LogP contribution in [0.2, 0.25) is 0 Å². The molecule has 1 amide bonds. The lowest BCUT2D eigenvalue weighted by Gasteiger charge is -2.29. The monoisotopic (exact) mass is 284 g/mol. The molecule has 1 aliphatic rings. The van der Waals surface area contributed by atoms with Crippen molar-refractivity contribution in [3.8, 4) is 0 Å². The van der Waals surface area contributed by atoms with E-state index < -0.39 is 12.3 Å². The van der Waals surface area contributed by atoms with E-state index in [1.165, 1.54) is 0 Å². The number of morpholine rings is 1. The smallest absolute Gasteiger partial charge is 0.316 e. The highest BCUT2D eigenvalue weighted by Crippen LogP contribution is 2.22. The number of benzene rings is 1. The zero-order chi connectivity index (χ0) is 14.5. The van der Waals surface area contributed by atoms with Gasteiger partial charge in [0, 0.05) is 31.0 Å². The molecule has 0 bridgehead atoms. The Balaban J connectivity index is 2.11. The Kier molecular flexibility index (Phi) is 4.89. The molecule has 0 atom stereocenters. The summed E-state index contributed by atoms with van der Waals surface area (Å²) in [6.07, 6.45) is -2.98. The third-order valence-corrected chi connectivity index (χ3v) is 3.31. The summed E-state index contributed by atoms with van der Waals surface area (Å²) in [7, 11) is 0. The van der Waals surface area contributed by atoms with E-state index in [9.17, 15) is 13.6 Å². The van der Waals surface area contributed by atoms with Crippen LogP contribution in [-0.2, 0) is 9.53 Å². The van der Waals surface area contributed by atoms with Crippen molar-refractivity contribution >= 4 is 17.3 Å². The van der Waals surface area contributed by atoms with E-state index in [4.69, 9.17) is 4.74 Å². The molecule has 1 aromatic rings. The van der Waals surface area contributed by atoms with Gasteiger partial charge in [0.2, 0.25) is 0 Å². The summed E-state index contributed by atoms with van der Waals surface area (Å²) >= 11 is 0. The Bertz CT molecular complexity index is 445. The fourth-order valence-corrected chi connectivity index (χ4v) is 2.25. The van der Waals surface area contributed by atoms with Gasteiger partial charge in [-0.05, 0) is 31.2 Å². The number of carbonyl (C=O) groups excluding carboxylic acids is 1. The minimum Gasteiger partial charge on any atom is -0.378 e. The summed E-state index contributed by atoms with van der Waals surface area (Å²) in [4.78, 5) is 14.7. The quantitative estimate of drug-likeness (QED) is 0.849. The van der Waals surface area contributed by atoms with Gasteiger partial charge in [-0.15, -0.1) is 0 Å². The topological polar surface area (TPSA) is 32.8 Å². The first-order valence-corrected chi connectivity index (χ1v) is 6.65. The second kappa shape index (κ2) is 6.65. The second-order valence-electron chi connectivity index (χ2n) is 4.50. The van der Waals surface area contributed by atoms with Crippen molar-refractivity contribution in [2.45, 2.75) is 13.3 Å². The van der Waals surface area contributed by atoms with Gasteiger partial charge in [0.25, 0.3) is 5.91 Å². The molecule has 0 aliphatic carbocycles. The van der Waals surface area contributed by atoms with Crippen molar-refractivity contribution in [1.29, 1.82) is 0 Å². The molecule has 0 aromatic heterocycles. The molecule has 0 radical (unpaired) electrons. The van der Waals surface area contributed by atoms with Gasteiger partial charge >= 0.3 is 6.43 Å². The summed E-state index contributed by atoms with van der Waals surface area (Å²) < 4.78 is 30.3. The zero-order valence-electron chi connectivity index (χ0n) is 11.4. The number of amides is 1. The summed E-state index contributed by atoms with van der Waals surface area (Å²) in [5.74, 6) is -1.16. The van der Waals surface area contributed by atoms with Crippen LogP contribution in [0, 0.1) is 0 Å². The number of alkyl halides is 2. The van der Waals surface area contributed by atoms with Gasteiger partial charge in [-0.1, -0.05) is 0 Å². The average Bonchev–Trinajstić information content (AvgIpc) is 2.49. The Morgan fingerprint density at radius 2 is 1.90 bits per heavy atom. The van der Waals surface area contributed by atoms with Crippen LogP contribution in [0.5, 0.6) is 0 Å². The Morgan fingerprint density at radius 1 is 1.30 bits per heavy atom. The molecule has 4 nitrogen and oxygen atoms in total. The van der Waals surface area contributed by atoms with Crippen molar-refractivity contribution in [2.75, 3.05) is 42.6 Å². The molecule has 0 N–H and O–H groups in total. The fourth-order valence-electron chi connectivity index (χ4n) is 2.25. The molecule has 1 aromatic carbocycles. The van der Waals surface area contributed by atoms with Gasteiger partial charge < -0.3 is 14.5 Å². The predicted octanol–water partition coefficient (Wildman–Crippen LogP) is 2.14. The van der Waals surface area contributed by atoms with Crippen LogP contribution in [0.3, 0.4) is 0 Å². The maximum Gasteiger partial charge on any atom is 0.316 e. The number of anilines is 2. The maximum atomic E-state index is 12.5. The molecule has 0 saturated carbocycles. The average molecular weight is 284 g/mol. The van der Waals surface area contributed by atoms with Crippen LogP contribution >= 0.6 is 0 Å². The molecule has 1 fully saturated rings. The lowest BCUT2D eigenvalue weighted by atomic mass is 10.2. The molecule has 6 heteroatoms. The van der Waals surface area contributed by atoms with Gasteiger partial charge in [0.15, 0.2) is 0 Å².